The zero-order valence-corrected chi connectivity index (χ0v) is 18.2. The van der Waals surface area contributed by atoms with E-state index in [2.05, 4.69) is 4.98 Å². The Morgan fingerprint density at radius 2 is 1.66 bits per heavy atom. The van der Waals surface area contributed by atoms with Gasteiger partial charge in [-0.15, -0.1) is 0 Å². The van der Waals surface area contributed by atoms with Crippen molar-refractivity contribution in [3.63, 3.8) is 0 Å². The largest absolute Gasteiger partial charge is 0.337 e. The third-order valence-corrected chi connectivity index (χ3v) is 5.51. The predicted octanol–water partition coefficient (Wildman–Crippen LogP) is 4.03. The van der Waals surface area contributed by atoms with Crippen molar-refractivity contribution in [2.24, 2.45) is 5.92 Å². The fourth-order valence-electron chi connectivity index (χ4n) is 3.66. The Hall–Kier alpha value is -3.55. The predicted molar refractivity (Wildman–Crippen MR) is 119 cm³/mol. The van der Waals surface area contributed by atoms with Crippen molar-refractivity contribution in [2.75, 3.05) is 0 Å². The van der Waals surface area contributed by atoms with Crippen LogP contribution in [0.5, 0.6) is 0 Å². The van der Waals surface area contributed by atoms with Gasteiger partial charge in [0.2, 0.25) is 0 Å². The topological polar surface area (TPSA) is 61.8 Å². The Labute approximate surface area is 183 Å². The number of aromatic nitrogens is 4. The molecule has 2 aromatic carbocycles. The van der Waals surface area contributed by atoms with Crippen LogP contribution in [0.4, 0.5) is 8.78 Å². The maximum atomic E-state index is 14.3. The summed E-state index contributed by atoms with van der Waals surface area (Å²) >= 11 is 0. The van der Waals surface area contributed by atoms with Crippen LogP contribution in [-0.2, 0) is 13.1 Å². The number of hydrogen-bond donors (Lipinski definition) is 0. The molecule has 0 bridgehead atoms. The van der Waals surface area contributed by atoms with Crippen molar-refractivity contribution in [3.8, 4) is 5.69 Å². The molecule has 0 unspecified atom stereocenters. The van der Waals surface area contributed by atoms with Gasteiger partial charge in [0.1, 0.15) is 11.6 Å². The van der Waals surface area contributed by atoms with Crippen molar-refractivity contribution in [1.82, 2.24) is 18.7 Å². The first kappa shape index (κ1) is 21.7. The maximum Gasteiger partial charge on any atom is 0.337 e. The Bertz CT molecular complexity index is 1380. The van der Waals surface area contributed by atoms with Crippen molar-refractivity contribution in [3.05, 3.63) is 92.4 Å². The maximum absolute atomic E-state index is 14.3. The molecule has 0 N–H and O–H groups in total. The van der Waals surface area contributed by atoms with E-state index in [1.165, 1.54) is 38.2 Å². The van der Waals surface area contributed by atoms with E-state index in [1.807, 2.05) is 32.9 Å². The second-order valence-corrected chi connectivity index (χ2v) is 8.34. The zero-order chi connectivity index (χ0) is 23.0. The Morgan fingerprint density at radius 3 is 2.28 bits per heavy atom. The summed E-state index contributed by atoms with van der Waals surface area (Å²) < 4.78 is 32.5. The quantitative estimate of drug-likeness (QED) is 0.457. The number of aryl methyl sites for hydroxylation is 1. The molecule has 0 fully saturated rings. The van der Waals surface area contributed by atoms with Crippen LogP contribution in [0, 0.1) is 24.5 Å². The van der Waals surface area contributed by atoms with Crippen LogP contribution in [0.3, 0.4) is 0 Å². The summed E-state index contributed by atoms with van der Waals surface area (Å²) in [4.78, 5) is 31.0. The fourth-order valence-corrected chi connectivity index (χ4v) is 3.66. The smallest absolute Gasteiger partial charge is 0.320 e. The number of halogens is 2. The van der Waals surface area contributed by atoms with E-state index in [0.29, 0.717) is 12.1 Å². The lowest BCUT2D eigenvalue weighted by atomic mass is 10.1. The molecule has 0 aliphatic carbocycles. The average Bonchev–Trinajstić information content (AvgIpc) is 3.15. The van der Waals surface area contributed by atoms with E-state index >= 15 is 0 Å². The van der Waals surface area contributed by atoms with E-state index in [9.17, 15) is 18.4 Å². The number of hydrogen-bond acceptors (Lipinski definition) is 3. The molecular weight excluding hydrogens is 414 g/mol. The van der Waals surface area contributed by atoms with E-state index in [-0.39, 0.29) is 35.7 Å². The molecule has 0 spiro atoms. The van der Waals surface area contributed by atoms with Crippen LogP contribution in [0.1, 0.15) is 31.4 Å². The van der Waals surface area contributed by atoms with Gasteiger partial charge in [-0.05, 0) is 43.5 Å². The lowest BCUT2D eigenvalue weighted by Gasteiger charge is -2.14. The van der Waals surface area contributed by atoms with Crippen LogP contribution in [-0.4, -0.2) is 18.7 Å². The Morgan fingerprint density at radius 1 is 1.00 bits per heavy atom. The standard InChI is InChI=1S/C24H24F2N4O2/c1-15(2)11-12-29-23(31)21-22(30(24(29)32)17-9-7-16(3)8-10-17)27-14-28(21)13-18-19(25)5-4-6-20(18)26/h4-10,14-15H,11-13H2,1-3H3. The zero-order valence-electron chi connectivity index (χ0n) is 18.2. The highest BCUT2D eigenvalue weighted by Crippen LogP contribution is 2.18. The summed E-state index contributed by atoms with van der Waals surface area (Å²) in [5.74, 6) is -1.14. The molecule has 4 aromatic rings. The van der Waals surface area contributed by atoms with Crippen molar-refractivity contribution in [1.29, 1.82) is 0 Å². The highest BCUT2D eigenvalue weighted by atomic mass is 19.1. The summed E-state index contributed by atoms with van der Waals surface area (Å²) in [6.45, 7) is 5.96. The lowest BCUT2D eigenvalue weighted by Crippen LogP contribution is -2.40. The number of fused-ring (bicyclic) bond motifs is 1. The second kappa shape index (κ2) is 8.53. The summed E-state index contributed by atoms with van der Waals surface area (Å²) in [5, 5.41) is 0. The van der Waals surface area contributed by atoms with Gasteiger partial charge in [0.15, 0.2) is 11.2 Å². The van der Waals surface area contributed by atoms with Crippen LogP contribution < -0.4 is 11.2 Å². The average molecular weight is 438 g/mol. The van der Waals surface area contributed by atoms with Crippen LogP contribution in [0.25, 0.3) is 16.9 Å². The molecule has 0 radical (unpaired) electrons. The number of benzene rings is 2. The number of rotatable bonds is 6. The van der Waals surface area contributed by atoms with Crippen molar-refractivity contribution < 1.29 is 8.78 Å². The first-order valence-corrected chi connectivity index (χ1v) is 10.5. The minimum Gasteiger partial charge on any atom is -0.320 e. The third kappa shape index (κ3) is 3.88. The first-order valence-electron chi connectivity index (χ1n) is 10.5. The summed E-state index contributed by atoms with van der Waals surface area (Å²) in [5.41, 5.74) is 0.668. The molecule has 0 atom stereocenters. The lowest BCUT2D eigenvalue weighted by molar-refractivity contribution is 0.491. The highest BCUT2D eigenvalue weighted by Gasteiger charge is 2.20. The van der Waals surface area contributed by atoms with E-state index in [0.717, 1.165) is 5.56 Å². The Balaban J connectivity index is 1.98. The molecular formula is C24H24F2N4O2. The van der Waals surface area contributed by atoms with Gasteiger partial charge in [0.05, 0.1) is 18.6 Å². The van der Waals surface area contributed by atoms with E-state index in [1.54, 1.807) is 12.1 Å². The molecule has 0 amide bonds. The van der Waals surface area contributed by atoms with Crippen molar-refractivity contribution >= 4 is 11.2 Å². The molecule has 2 aromatic heterocycles. The number of nitrogens with zero attached hydrogens (tertiary/aromatic N) is 4. The molecule has 0 aliphatic heterocycles. The van der Waals surface area contributed by atoms with Crippen LogP contribution in [0.2, 0.25) is 0 Å². The van der Waals surface area contributed by atoms with Gasteiger partial charge in [-0.1, -0.05) is 37.6 Å². The van der Waals surface area contributed by atoms with Gasteiger partial charge in [-0.3, -0.25) is 9.36 Å². The molecule has 0 saturated carbocycles. The van der Waals surface area contributed by atoms with Crippen molar-refractivity contribution in [2.45, 2.75) is 40.3 Å². The minimum absolute atomic E-state index is 0.122. The SMILES string of the molecule is Cc1ccc(-n2c(=O)n(CCC(C)C)c(=O)c3c2ncn3Cc2c(F)cccc2F)cc1. The molecule has 166 valence electrons. The molecule has 2 heterocycles. The van der Waals surface area contributed by atoms with Gasteiger partial charge < -0.3 is 4.57 Å². The monoisotopic (exact) mass is 438 g/mol. The van der Waals surface area contributed by atoms with Gasteiger partial charge in [0.25, 0.3) is 5.56 Å². The van der Waals surface area contributed by atoms with Gasteiger partial charge in [0, 0.05) is 12.1 Å². The van der Waals surface area contributed by atoms with Gasteiger partial charge in [-0.2, -0.15) is 0 Å². The first-order chi connectivity index (χ1) is 15.3. The normalized spacial score (nSPS) is 11.6. The fraction of sp³-hybridized carbons (Fsp3) is 0.292. The molecule has 32 heavy (non-hydrogen) atoms. The van der Waals surface area contributed by atoms with E-state index in [4.69, 9.17) is 0 Å². The summed E-state index contributed by atoms with van der Waals surface area (Å²) in [6, 6.07) is 10.9. The molecule has 8 heteroatoms. The summed E-state index contributed by atoms with van der Waals surface area (Å²) in [7, 11) is 0. The van der Waals surface area contributed by atoms with Gasteiger partial charge >= 0.3 is 5.69 Å². The third-order valence-electron chi connectivity index (χ3n) is 5.51. The molecule has 0 saturated heterocycles. The van der Waals surface area contributed by atoms with Crippen LogP contribution >= 0.6 is 0 Å². The van der Waals surface area contributed by atoms with Gasteiger partial charge in [-0.25, -0.2) is 23.1 Å². The molecule has 4 rings (SSSR count). The summed E-state index contributed by atoms with van der Waals surface area (Å²) in [6.07, 6.45) is 1.97. The number of imidazole rings is 1. The Kier molecular flexibility index (Phi) is 5.78. The molecule has 0 aliphatic rings. The van der Waals surface area contributed by atoms with E-state index < -0.39 is 22.9 Å². The minimum atomic E-state index is -0.709. The second-order valence-electron chi connectivity index (χ2n) is 8.34. The van der Waals surface area contributed by atoms with Crippen LogP contribution in [0.15, 0.2) is 58.4 Å². The molecule has 6 nitrogen and oxygen atoms in total. The highest BCUT2D eigenvalue weighted by molar-refractivity contribution is 5.72.